The van der Waals surface area contributed by atoms with Gasteiger partial charge in [0.15, 0.2) is 0 Å². The van der Waals surface area contributed by atoms with Gasteiger partial charge in [-0.2, -0.15) is 0 Å². The molecule has 3 rings (SSSR count). The molecule has 32 heavy (non-hydrogen) atoms. The number of likely N-dealkylation sites (tertiary alicyclic amines) is 1. The maximum Gasteiger partial charge on any atom is 0.295 e. The first-order valence-electron chi connectivity index (χ1n) is 10.7. The number of aryl methyl sites for hydroxylation is 1. The smallest absolute Gasteiger partial charge is 0.295 e. The van der Waals surface area contributed by atoms with Crippen molar-refractivity contribution in [2.45, 2.75) is 26.3 Å². The minimum Gasteiger partial charge on any atom is -0.507 e. The number of aliphatic hydroxyl groups excluding tert-OH is 1. The number of hydrogen-bond acceptors (Lipinski definition) is 5. The molecule has 1 heterocycles. The number of carbonyl (C=O) groups excluding carboxylic acids is 2. The van der Waals surface area contributed by atoms with Gasteiger partial charge in [0.25, 0.3) is 11.7 Å². The van der Waals surface area contributed by atoms with Gasteiger partial charge in [-0.1, -0.05) is 23.7 Å². The van der Waals surface area contributed by atoms with E-state index in [4.69, 9.17) is 16.3 Å². The Bertz CT molecular complexity index is 1030. The van der Waals surface area contributed by atoms with Gasteiger partial charge in [0.2, 0.25) is 0 Å². The third-order valence-electron chi connectivity index (χ3n) is 5.48. The molecule has 1 atom stereocenters. The molecule has 2 aromatic rings. The molecule has 0 bridgehead atoms. The normalized spacial score (nSPS) is 17.9. The van der Waals surface area contributed by atoms with Gasteiger partial charge in [0.1, 0.15) is 11.5 Å². The van der Waals surface area contributed by atoms with E-state index >= 15 is 0 Å². The van der Waals surface area contributed by atoms with Gasteiger partial charge in [-0.15, -0.1) is 0 Å². The fourth-order valence-corrected chi connectivity index (χ4v) is 4.06. The van der Waals surface area contributed by atoms with Crippen LogP contribution in [0.5, 0.6) is 5.75 Å². The summed E-state index contributed by atoms with van der Waals surface area (Å²) in [4.78, 5) is 29.6. The minimum absolute atomic E-state index is 0.0886. The zero-order valence-corrected chi connectivity index (χ0v) is 19.6. The predicted octanol–water partition coefficient (Wildman–Crippen LogP) is 4.42. The second-order valence-electron chi connectivity index (χ2n) is 8.11. The van der Waals surface area contributed by atoms with Crippen LogP contribution in [0.3, 0.4) is 0 Å². The number of hydrogen-bond donors (Lipinski definition) is 1. The van der Waals surface area contributed by atoms with Gasteiger partial charge in [-0.25, -0.2) is 0 Å². The zero-order valence-electron chi connectivity index (χ0n) is 18.9. The molecular weight excluding hydrogens is 428 g/mol. The van der Waals surface area contributed by atoms with Crippen molar-refractivity contribution >= 4 is 29.1 Å². The molecular formula is C25H29ClN2O4. The molecule has 1 fully saturated rings. The van der Waals surface area contributed by atoms with Crippen LogP contribution in [0.4, 0.5) is 0 Å². The first kappa shape index (κ1) is 23.8. The summed E-state index contributed by atoms with van der Waals surface area (Å²) in [6.45, 7) is 5.47. The molecule has 170 valence electrons. The highest BCUT2D eigenvalue weighted by Gasteiger charge is 2.45. The number of amides is 1. The summed E-state index contributed by atoms with van der Waals surface area (Å²) in [5.74, 6) is -0.765. The molecule has 1 amide bonds. The average Bonchev–Trinajstić information content (AvgIpc) is 3.00. The topological polar surface area (TPSA) is 70.1 Å². The van der Waals surface area contributed by atoms with Crippen LogP contribution < -0.4 is 4.74 Å². The summed E-state index contributed by atoms with van der Waals surface area (Å²) < 4.78 is 5.57. The van der Waals surface area contributed by atoms with Crippen LogP contribution in [0, 0.1) is 6.92 Å². The van der Waals surface area contributed by atoms with E-state index in [-0.39, 0.29) is 11.3 Å². The molecule has 0 aliphatic carbocycles. The van der Waals surface area contributed by atoms with Crippen molar-refractivity contribution in [1.29, 1.82) is 0 Å². The summed E-state index contributed by atoms with van der Waals surface area (Å²) in [7, 11) is 3.91. The number of aliphatic hydroxyl groups is 1. The number of benzene rings is 2. The lowest BCUT2D eigenvalue weighted by atomic mass is 9.94. The van der Waals surface area contributed by atoms with Crippen LogP contribution in [0.2, 0.25) is 5.02 Å². The predicted molar refractivity (Wildman–Crippen MR) is 126 cm³/mol. The van der Waals surface area contributed by atoms with Crippen molar-refractivity contribution in [1.82, 2.24) is 9.80 Å². The van der Waals surface area contributed by atoms with Crippen LogP contribution in [0.15, 0.2) is 48.0 Å². The van der Waals surface area contributed by atoms with Crippen LogP contribution in [0.1, 0.15) is 36.1 Å². The molecule has 1 aliphatic rings. The molecule has 6 nitrogen and oxygen atoms in total. The van der Waals surface area contributed by atoms with Crippen molar-refractivity contribution in [2.24, 2.45) is 0 Å². The number of Topliss-reactive ketones (excluding diaryl/α,β-unsaturated/α-hetero) is 1. The van der Waals surface area contributed by atoms with Crippen LogP contribution in [-0.4, -0.2) is 60.4 Å². The van der Waals surface area contributed by atoms with E-state index in [2.05, 4.69) is 0 Å². The quantitative estimate of drug-likeness (QED) is 0.361. The monoisotopic (exact) mass is 456 g/mol. The Kier molecular flexibility index (Phi) is 7.59. The third-order valence-corrected chi connectivity index (χ3v) is 5.73. The summed E-state index contributed by atoms with van der Waals surface area (Å²) in [5.41, 5.74) is 2.11. The van der Waals surface area contributed by atoms with Gasteiger partial charge < -0.3 is 19.6 Å². The lowest BCUT2D eigenvalue weighted by molar-refractivity contribution is -0.139. The summed E-state index contributed by atoms with van der Waals surface area (Å²) in [6, 6.07) is 11.6. The second-order valence-corrected chi connectivity index (χ2v) is 8.55. The molecule has 0 radical (unpaired) electrons. The van der Waals surface area contributed by atoms with Crippen molar-refractivity contribution in [3.8, 4) is 5.75 Å². The number of halogens is 1. The van der Waals surface area contributed by atoms with Crippen LogP contribution >= 0.6 is 11.6 Å². The van der Waals surface area contributed by atoms with Crippen molar-refractivity contribution < 1.29 is 19.4 Å². The SMILES string of the molecule is CCOc1ccc(C(O)=C2C(=O)C(=O)N(CCCN(C)C)C2c2ccc(Cl)cc2)cc1C. The molecule has 0 aromatic heterocycles. The molecule has 7 heteroatoms. The fourth-order valence-electron chi connectivity index (χ4n) is 3.93. The number of nitrogens with zero attached hydrogens (tertiary/aromatic N) is 2. The van der Waals surface area contributed by atoms with Gasteiger partial charge in [-0.05, 0) is 82.4 Å². The van der Waals surface area contributed by atoms with E-state index in [1.807, 2.05) is 32.8 Å². The van der Waals surface area contributed by atoms with E-state index in [0.717, 1.165) is 17.7 Å². The average molecular weight is 457 g/mol. The standard InChI is InChI=1S/C25H29ClN2O4/c1-5-32-20-12-9-18(15-16(20)2)23(29)21-22(17-7-10-19(26)11-8-17)28(25(31)24(21)30)14-6-13-27(3)4/h7-12,15,22,29H,5-6,13-14H2,1-4H3. The maximum atomic E-state index is 13.1. The Labute approximate surface area is 194 Å². The Balaban J connectivity index is 2.08. The zero-order chi connectivity index (χ0) is 23.4. The second kappa shape index (κ2) is 10.2. The van der Waals surface area contributed by atoms with Gasteiger partial charge in [0.05, 0.1) is 18.2 Å². The number of rotatable bonds is 8. The summed E-state index contributed by atoms with van der Waals surface area (Å²) in [6.07, 6.45) is 0.701. The highest BCUT2D eigenvalue weighted by Crippen LogP contribution is 2.40. The van der Waals surface area contributed by atoms with E-state index in [1.165, 1.54) is 0 Å². The number of carbonyl (C=O) groups is 2. The third kappa shape index (κ3) is 4.97. The van der Waals surface area contributed by atoms with Crippen molar-refractivity contribution in [3.63, 3.8) is 0 Å². The molecule has 2 aromatic carbocycles. The first-order valence-corrected chi connectivity index (χ1v) is 11.0. The molecule has 1 saturated heterocycles. The molecule has 1 aliphatic heterocycles. The minimum atomic E-state index is -0.682. The van der Waals surface area contributed by atoms with Gasteiger partial charge >= 0.3 is 0 Å². The van der Waals surface area contributed by atoms with Gasteiger partial charge in [0, 0.05) is 17.1 Å². The summed E-state index contributed by atoms with van der Waals surface area (Å²) >= 11 is 6.06. The van der Waals surface area contributed by atoms with Crippen LogP contribution in [-0.2, 0) is 9.59 Å². The van der Waals surface area contributed by atoms with E-state index < -0.39 is 17.7 Å². The Morgan fingerprint density at radius 3 is 2.44 bits per heavy atom. The highest BCUT2D eigenvalue weighted by molar-refractivity contribution is 6.46. The van der Waals surface area contributed by atoms with E-state index in [9.17, 15) is 14.7 Å². The molecule has 1 N–H and O–H groups in total. The molecule has 1 unspecified atom stereocenters. The highest BCUT2D eigenvalue weighted by atomic mass is 35.5. The molecule has 0 saturated carbocycles. The van der Waals surface area contributed by atoms with Crippen LogP contribution in [0.25, 0.3) is 5.76 Å². The lowest BCUT2D eigenvalue weighted by Crippen LogP contribution is -2.32. The Hall–Kier alpha value is -2.83. The molecule has 0 spiro atoms. The van der Waals surface area contributed by atoms with Crippen molar-refractivity contribution in [3.05, 3.63) is 69.8 Å². The largest absolute Gasteiger partial charge is 0.507 e. The first-order chi connectivity index (χ1) is 15.2. The number of ether oxygens (including phenoxy) is 1. The van der Waals surface area contributed by atoms with E-state index in [1.54, 1.807) is 47.4 Å². The Morgan fingerprint density at radius 1 is 1.16 bits per heavy atom. The van der Waals surface area contributed by atoms with Crippen molar-refractivity contribution in [2.75, 3.05) is 33.8 Å². The van der Waals surface area contributed by atoms with Gasteiger partial charge in [-0.3, -0.25) is 9.59 Å². The summed E-state index contributed by atoms with van der Waals surface area (Å²) in [5, 5.41) is 11.7. The lowest BCUT2D eigenvalue weighted by Gasteiger charge is -2.26. The Morgan fingerprint density at radius 2 is 1.84 bits per heavy atom. The fraction of sp³-hybridized carbons (Fsp3) is 0.360. The number of ketones is 1. The maximum absolute atomic E-state index is 13.1. The van der Waals surface area contributed by atoms with E-state index in [0.29, 0.717) is 35.9 Å².